The van der Waals surface area contributed by atoms with Gasteiger partial charge < -0.3 is 9.27 Å². The van der Waals surface area contributed by atoms with Crippen LogP contribution in [0.25, 0.3) is 10.9 Å². The summed E-state index contributed by atoms with van der Waals surface area (Å²) in [4.78, 5) is 14.5. The quantitative estimate of drug-likeness (QED) is 0.665. The van der Waals surface area contributed by atoms with E-state index < -0.39 is 0 Å². The Morgan fingerprint density at radius 1 is 1.47 bits per heavy atom. The van der Waals surface area contributed by atoms with E-state index in [0.29, 0.717) is 11.3 Å². The van der Waals surface area contributed by atoms with Crippen LogP contribution in [-0.4, -0.2) is 16.6 Å². The molecule has 5 heteroatoms. The summed E-state index contributed by atoms with van der Waals surface area (Å²) in [6.45, 7) is 0. The third-order valence-electron chi connectivity index (χ3n) is 2.16. The maximum absolute atomic E-state index is 11.5. The van der Waals surface area contributed by atoms with Crippen molar-refractivity contribution in [3.8, 4) is 5.75 Å². The molecule has 0 bridgehead atoms. The maximum Gasteiger partial charge on any atom is 0.181 e. The van der Waals surface area contributed by atoms with Crippen LogP contribution in [0.15, 0.2) is 24.4 Å². The Balaban J connectivity index is 2.64. The Labute approximate surface area is 96.1 Å². The van der Waals surface area contributed by atoms with Gasteiger partial charge in [-0.1, -0.05) is 0 Å². The number of carbonyl (C=O) groups excluding carboxylic acids is 1. The van der Waals surface area contributed by atoms with Gasteiger partial charge in [0.25, 0.3) is 0 Å². The van der Waals surface area contributed by atoms with Crippen LogP contribution in [0.2, 0.25) is 0 Å². The molecule has 15 heavy (non-hydrogen) atoms. The predicted molar refractivity (Wildman–Crippen MR) is 59.8 cm³/mol. The topological polar surface area (TPSA) is 42.1 Å². The fourth-order valence-corrected chi connectivity index (χ4v) is 1.71. The van der Waals surface area contributed by atoms with Crippen LogP contribution in [0.1, 0.15) is 10.4 Å². The van der Waals surface area contributed by atoms with Gasteiger partial charge >= 0.3 is 0 Å². The van der Waals surface area contributed by atoms with Crippen LogP contribution in [0.3, 0.4) is 0 Å². The Kier molecular flexibility index (Phi) is 2.84. The minimum atomic E-state index is -0.213. The van der Waals surface area contributed by atoms with Gasteiger partial charge in [0.1, 0.15) is 11.9 Å². The summed E-state index contributed by atoms with van der Waals surface area (Å²) in [6, 6.07) is 5.23. The Bertz CT molecular complexity index is 507. The number of H-pyrrole nitrogens is 1. The minimum absolute atomic E-state index is 0.0941. The third-order valence-corrected chi connectivity index (χ3v) is 2.57. The molecule has 2 aromatic rings. The van der Waals surface area contributed by atoms with E-state index in [0.717, 1.165) is 10.9 Å². The van der Waals surface area contributed by atoms with Crippen molar-refractivity contribution in [1.82, 2.24) is 4.98 Å². The number of aromatic amines is 1. The molecule has 0 saturated carbocycles. The highest BCUT2D eigenvalue weighted by Gasteiger charge is 2.13. The fraction of sp³-hybridized carbons (Fsp3) is 0.100. The van der Waals surface area contributed by atoms with E-state index in [1.54, 1.807) is 18.3 Å². The van der Waals surface area contributed by atoms with Crippen molar-refractivity contribution in [3.63, 3.8) is 0 Å². The van der Waals surface area contributed by atoms with Crippen LogP contribution >= 0.6 is 23.5 Å². The number of hydrogen-bond acceptors (Lipinski definition) is 2. The maximum atomic E-state index is 11.5. The van der Waals surface area contributed by atoms with E-state index in [4.69, 9.17) is 23.5 Å². The Morgan fingerprint density at radius 2 is 2.27 bits per heavy atom. The summed E-state index contributed by atoms with van der Waals surface area (Å²) in [7, 11) is 0. The number of fused-ring (bicyclic) bond motifs is 1. The highest BCUT2D eigenvalue weighted by Crippen LogP contribution is 2.26. The second-order valence-corrected chi connectivity index (χ2v) is 3.47. The van der Waals surface area contributed by atoms with Crippen molar-refractivity contribution in [3.05, 3.63) is 30.0 Å². The number of halogens is 2. The van der Waals surface area contributed by atoms with E-state index in [9.17, 15) is 4.79 Å². The van der Waals surface area contributed by atoms with E-state index in [1.807, 2.05) is 6.07 Å². The Hall–Kier alpha value is -1.19. The lowest BCUT2D eigenvalue weighted by Gasteiger charge is -2.04. The predicted octanol–water partition coefficient (Wildman–Crippen LogP) is 3.12. The van der Waals surface area contributed by atoms with Crippen molar-refractivity contribution in [2.45, 2.75) is 0 Å². The molecule has 0 saturated heterocycles. The number of hydrogen-bond donors (Lipinski definition) is 1. The first kappa shape index (κ1) is 10.3. The van der Waals surface area contributed by atoms with Gasteiger partial charge in [0, 0.05) is 23.2 Å². The van der Waals surface area contributed by atoms with Gasteiger partial charge in [0.2, 0.25) is 0 Å². The molecule has 1 aromatic heterocycles. The standard InChI is InChI=1S/C10H7Cl2NO2/c11-5-9(14)7-3-6-1-2-13-8(6)4-10(7)15-12/h1-4,13H,5H2. The van der Waals surface area contributed by atoms with Crippen molar-refractivity contribution < 1.29 is 9.08 Å². The molecular weight excluding hydrogens is 237 g/mol. The molecule has 0 aliphatic rings. The number of carbonyl (C=O) groups is 1. The highest BCUT2D eigenvalue weighted by atomic mass is 35.5. The first-order chi connectivity index (χ1) is 7.26. The molecule has 0 amide bonds. The van der Waals surface area contributed by atoms with Gasteiger partial charge in [-0.25, -0.2) is 0 Å². The molecule has 1 N–H and O–H groups in total. The molecule has 0 aliphatic carbocycles. The normalized spacial score (nSPS) is 10.5. The summed E-state index contributed by atoms with van der Waals surface area (Å²) in [5.74, 6) is 0.0103. The first-order valence-corrected chi connectivity index (χ1v) is 5.09. The van der Waals surface area contributed by atoms with Crippen LogP contribution in [0.4, 0.5) is 0 Å². The molecule has 0 radical (unpaired) electrons. The van der Waals surface area contributed by atoms with Crippen molar-refractivity contribution in [1.29, 1.82) is 0 Å². The molecule has 0 atom stereocenters. The minimum Gasteiger partial charge on any atom is -0.385 e. The van der Waals surface area contributed by atoms with Crippen molar-refractivity contribution in [2.75, 3.05) is 5.88 Å². The van der Waals surface area contributed by atoms with Gasteiger partial charge in [-0.2, -0.15) is 0 Å². The lowest BCUT2D eigenvalue weighted by molar-refractivity contribution is 0.101. The smallest absolute Gasteiger partial charge is 0.181 e. The molecule has 0 unspecified atom stereocenters. The first-order valence-electron chi connectivity index (χ1n) is 4.25. The number of aromatic nitrogens is 1. The van der Waals surface area contributed by atoms with Crippen LogP contribution < -0.4 is 4.29 Å². The summed E-state index contributed by atoms with van der Waals surface area (Å²) in [5.41, 5.74) is 1.25. The average molecular weight is 244 g/mol. The number of alkyl halides is 1. The van der Waals surface area contributed by atoms with E-state index in [-0.39, 0.29) is 11.7 Å². The Morgan fingerprint density at radius 3 is 2.93 bits per heavy atom. The monoisotopic (exact) mass is 243 g/mol. The van der Waals surface area contributed by atoms with E-state index in [2.05, 4.69) is 9.27 Å². The summed E-state index contributed by atoms with van der Waals surface area (Å²) in [5, 5.41) is 0.918. The number of benzene rings is 1. The number of ketones is 1. The van der Waals surface area contributed by atoms with Crippen LogP contribution in [0, 0.1) is 0 Å². The van der Waals surface area contributed by atoms with Crippen LogP contribution in [-0.2, 0) is 0 Å². The largest absolute Gasteiger partial charge is 0.385 e. The number of rotatable bonds is 3. The van der Waals surface area contributed by atoms with Gasteiger partial charge in [-0.15, -0.1) is 11.6 Å². The molecule has 3 nitrogen and oxygen atoms in total. The molecule has 0 fully saturated rings. The summed E-state index contributed by atoms with van der Waals surface area (Å²) in [6.07, 6.45) is 1.78. The van der Waals surface area contributed by atoms with Gasteiger partial charge in [-0.05, 0) is 12.1 Å². The molecule has 78 valence electrons. The summed E-state index contributed by atoms with van der Waals surface area (Å²) >= 11 is 10.8. The van der Waals surface area contributed by atoms with Gasteiger partial charge in [-0.3, -0.25) is 4.79 Å². The number of Topliss-reactive ketones (excluding diaryl/α,β-unsaturated/α-hetero) is 1. The second-order valence-electron chi connectivity index (χ2n) is 3.05. The lowest BCUT2D eigenvalue weighted by atomic mass is 10.1. The highest BCUT2D eigenvalue weighted by molar-refractivity contribution is 6.31. The van der Waals surface area contributed by atoms with E-state index >= 15 is 0 Å². The van der Waals surface area contributed by atoms with Crippen LogP contribution in [0.5, 0.6) is 5.75 Å². The zero-order valence-corrected chi connectivity index (χ0v) is 9.10. The molecule has 2 rings (SSSR count). The summed E-state index contributed by atoms with van der Waals surface area (Å²) < 4.78 is 4.62. The lowest BCUT2D eigenvalue weighted by Crippen LogP contribution is -2.01. The molecule has 1 aromatic carbocycles. The SMILES string of the molecule is O=C(CCl)c1cc2cc[nH]c2cc1OCl. The van der Waals surface area contributed by atoms with Crippen molar-refractivity contribution in [2.24, 2.45) is 0 Å². The molecule has 1 heterocycles. The molecule has 0 aliphatic heterocycles. The fourth-order valence-electron chi connectivity index (χ4n) is 1.43. The van der Waals surface area contributed by atoms with Crippen molar-refractivity contribution >= 4 is 40.2 Å². The van der Waals surface area contributed by atoms with Gasteiger partial charge in [0.05, 0.1) is 11.4 Å². The van der Waals surface area contributed by atoms with E-state index in [1.165, 1.54) is 0 Å². The second kappa shape index (κ2) is 4.13. The third kappa shape index (κ3) is 1.80. The zero-order chi connectivity index (χ0) is 10.8. The van der Waals surface area contributed by atoms with Gasteiger partial charge in [0.15, 0.2) is 11.5 Å². The molecule has 0 spiro atoms. The molecular formula is C10H7Cl2NO2. The average Bonchev–Trinajstić information content (AvgIpc) is 2.73. The number of nitrogens with one attached hydrogen (secondary N) is 1. The zero-order valence-electron chi connectivity index (χ0n) is 7.59.